The summed E-state index contributed by atoms with van der Waals surface area (Å²) in [6.07, 6.45) is 1.08. The number of hydrogen-bond donors (Lipinski definition) is 3. The largest absolute Gasteiger partial charge is 0.365 e. The second-order valence-electron chi connectivity index (χ2n) is 4.31. The highest BCUT2D eigenvalue weighted by Crippen LogP contribution is 2.22. The van der Waals surface area contributed by atoms with E-state index in [4.69, 9.17) is 5.84 Å². The number of aromatic nitrogens is 2. The highest BCUT2D eigenvalue weighted by molar-refractivity contribution is 7.12. The molecule has 0 amide bonds. The lowest BCUT2D eigenvalue weighted by Gasteiger charge is -2.11. The number of nitrogens with one attached hydrogen (secondary N) is 2. The Morgan fingerprint density at radius 3 is 2.47 bits per heavy atom. The summed E-state index contributed by atoms with van der Waals surface area (Å²) in [7, 11) is 0. The van der Waals surface area contributed by atoms with Crippen LogP contribution in [0.15, 0.2) is 12.1 Å². The molecule has 0 saturated carbocycles. The Hall–Kier alpha value is -1.66. The minimum Gasteiger partial charge on any atom is -0.365 e. The topological polar surface area (TPSA) is 75.9 Å². The van der Waals surface area contributed by atoms with Gasteiger partial charge in [0.15, 0.2) is 0 Å². The zero-order valence-corrected chi connectivity index (χ0v) is 12.3. The van der Waals surface area contributed by atoms with Gasteiger partial charge in [0.1, 0.15) is 17.5 Å². The summed E-state index contributed by atoms with van der Waals surface area (Å²) in [6, 6.07) is 4.33. The summed E-state index contributed by atoms with van der Waals surface area (Å²) in [4.78, 5) is 11.4. The number of aryl methyl sites for hydroxylation is 2. The first kappa shape index (κ1) is 13.8. The van der Waals surface area contributed by atoms with Crippen molar-refractivity contribution < 1.29 is 0 Å². The number of rotatable bonds is 5. The van der Waals surface area contributed by atoms with Crippen LogP contribution in [0, 0.1) is 13.8 Å². The first-order valence-corrected chi connectivity index (χ1v) is 7.09. The fourth-order valence-corrected chi connectivity index (χ4v) is 2.72. The van der Waals surface area contributed by atoms with Crippen molar-refractivity contribution in [2.75, 3.05) is 10.7 Å². The molecule has 6 heteroatoms. The van der Waals surface area contributed by atoms with Gasteiger partial charge in [-0.25, -0.2) is 15.8 Å². The maximum Gasteiger partial charge on any atom is 0.148 e. The molecule has 0 aliphatic heterocycles. The van der Waals surface area contributed by atoms with Crippen molar-refractivity contribution in [3.05, 3.63) is 33.3 Å². The van der Waals surface area contributed by atoms with Crippen LogP contribution in [0.3, 0.4) is 0 Å². The van der Waals surface area contributed by atoms with E-state index in [0.29, 0.717) is 11.6 Å². The van der Waals surface area contributed by atoms with Crippen LogP contribution in [0.25, 0.3) is 0 Å². The molecule has 5 nitrogen and oxygen atoms in total. The molecule has 2 rings (SSSR count). The molecular weight excluding hydrogens is 258 g/mol. The molecule has 0 atom stereocenters. The van der Waals surface area contributed by atoms with Crippen molar-refractivity contribution in [2.24, 2.45) is 5.84 Å². The summed E-state index contributed by atoms with van der Waals surface area (Å²) in [6.45, 7) is 6.74. The Kier molecular flexibility index (Phi) is 4.34. The minimum atomic E-state index is 0.662. The van der Waals surface area contributed by atoms with Gasteiger partial charge in [-0.3, -0.25) is 0 Å². The van der Waals surface area contributed by atoms with Crippen LogP contribution < -0.4 is 16.6 Å². The molecule has 2 aromatic rings. The number of nitrogen functional groups attached to an aromatic ring is 1. The maximum absolute atomic E-state index is 5.45. The van der Waals surface area contributed by atoms with Crippen LogP contribution >= 0.6 is 11.3 Å². The molecular formula is C13H19N5S. The minimum absolute atomic E-state index is 0.662. The lowest BCUT2D eigenvalue weighted by atomic mass is 10.3. The Bertz CT molecular complexity index is 564. The molecule has 4 N–H and O–H groups in total. The molecule has 0 saturated heterocycles. The van der Waals surface area contributed by atoms with Gasteiger partial charge < -0.3 is 10.7 Å². The third kappa shape index (κ3) is 3.21. The average Bonchev–Trinajstić information content (AvgIpc) is 2.87. The van der Waals surface area contributed by atoms with E-state index in [-0.39, 0.29) is 0 Å². The van der Waals surface area contributed by atoms with Gasteiger partial charge in [0.05, 0.1) is 6.54 Å². The van der Waals surface area contributed by atoms with Gasteiger partial charge in [-0.2, -0.15) is 0 Å². The van der Waals surface area contributed by atoms with Gasteiger partial charge >= 0.3 is 0 Å². The van der Waals surface area contributed by atoms with E-state index in [1.165, 1.54) is 9.75 Å². The van der Waals surface area contributed by atoms with Gasteiger partial charge in [-0.05, 0) is 32.4 Å². The van der Waals surface area contributed by atoms with Crippen LogP contribution in [0.1, 0.15) is 28.1 Å². The van der Waals surface area contributed by atoms with Crippen molar-refractivity contribution >= 4 is 23.0 Å². The SMILES string of the molecule is CCc1ccc(CNc2nc(C)nc(NN)c2C)s1. The second kappa shape index (κ2) is 5.99. The Morgan fingerprint density at radius 2 is 1.84 bits per heavy atom. The Labute approximate surface area is 117 Å². The van der Waals surface area contributed by atoms with Crippen molar-refractivity contribution in [1.82, 2.24) is 9.97 Å². The average molecular weight is 277 g/mol. The van der Waals surface area contributed by atoms with E-state index in [2.05, 4.69) is 39.8 Å². The van der Waals surface area contributed by atoms with Crippen LogP contribution in [-0.2, 0) is 13.0 Å². The van der Waals surface area contributed by atoms with Gasteiger partial charge in [0.25, 0.3) is 0 Å². The van der Waals surface area contributed by atoms with E-state index < -0.39 is 0 Å². The standard InChI is InChI=1S/C13H19N5S/c1-4-10-5-6-11(19-10)7-15-12-8(2)13(18-14)17-9(3)16-12/h5-6H,4,7,14H2,1-3H3,(H2,15,16,17,18). The van der Waals surface area contributed by atoms with E-state index >= 15 is 0 Å². The molecule has 0 aromatic carbocycles. The summed E-state index contributed by atoms with van der Waals surface area (Å²) in [5, 5.41) is 3.35. The predicted molar refractivity (Wildman–Crippen MR) is 80.3 cm³/mol. The van der Waals surface area contributed by atoms with Crippen molar-refractivity contribution in [3.63, 3.8) is 0 Å². The van der Waals surface area contributed by atoms with Crippen molar-refractivity contribution in [2.45, 2.75) is 33.7 Å². The van der Waals surface area contributed by atoms with Gasteiger partial charge in [0.2, 0.25) is 0 Å². The third-order valence-corrected chi connectivity index (χ3v) is 4.12. The number of anilines is 2. The molecule has 0 radical (unpaired) electrons. The number of hydrazine groups is 1. The summed E-state index contributed by atoms with van der Waals surface area (Å²) >= 11 is 1.83. The molecule has 0 bridgehead atoms. The molecule has 0 spiro atoms. The highest BCUT2D eigenvalue weighted by Gasteiger charge is 2.08. The quantitative estimate of drug-likeness (QED) is 0.578. The van der Waals surface area contributed by atoms with Crippen molar-refractivity contribution in [1.29, 1.82) is 0 Å². The molecule has 102 valence electrons. The monoisotopic (exact) mass is 277 g/mol. The first-order valence-electron chi connectivity index (χ1n) is 6.27. The van der Waals surface area contributed by atoms with Crippen LogP contribution in [0.5, 0.6) is 0 Å². The summed E-state index contributed by atoms with van der Waals surface area (Å²) in [5.74, 6) is 7.64. The Morgan fingerprint density at radius 1 is 1.16 bits per heavy atom. The normalized spacial score (nSPS) is 10.5. The Balaban J connectivity index is 2.12. The lowest BCUT2D eigenvalue weighted by molar-refractivity contribution is 1.00. The molecule has 19 heavy (non-hydrogen) atoms. The van der Waals surface area contributed by atoms with E-state index in [0.717, 1.165) is 24.3 Å². The molecule has 0 aliphatic carbocycles. The first-order chi connectivity index (χ1) is 9.13. The smallest absolute Gasteiger partial charge is 0.148 e. The number of nitrogens with zero attached hydrogens (tertiary/aromatic N) is 2. The number of nitrogens with two attached hydrogens (primary N) is 1. The van der Waals surface area contributed by atoms with Crippen LogP contribution in [0.2, 0.25) is 0 Å². The zero-order valence-electron chi connectivity index (χ0n) is 11.4. The van der Waals surface area contributed by atoms with Gasteiger partial charge in [-0.1, -0.05) is 6.92 Å². The third-order valence-electron chi connectivity index (χ3n) is 2.89. The number of hydrogen-bond acceptors (Lipinski definition) is 6. The lowest BCUT2D eigenvalue weighted by Crippen LogP contribution is -2.13. The molecule has 0 fully saturated rings. The predicted octanol–water partition coefficient (Wildman–Crippen LogP) is 2.62. The van der Waals surface area contributed by atoms with E-state index in [1.807, 2.05) is 25.2 Å². The van der Waals surface area contributed by atoms with E-state index in [9.17, 15) is 0 Å². The van der Waals surface area contributed by atoms with Crippen LogP contribution in [-0.4, -0.2) is 9.97 Å². The second-order valence-corrected chi connectivity index (χ2v) is 5.57. The summed E-state index contributed by atoms with van der Waals surface area (Å²) in [5.41, 5.74) is 3.53. The van der Waals surface area contributed by atoms with Gasteiger partial charge in [0, 0.05) is 15.3 Å². The zero-order chi connectivity index (χ0) is 13.8. The fourth-order valence-electron chi connectivity index (χ4n) is 1.82. The molecule has 2 aromatic heterocycles. The fraction of sp³-hybridized carbons (Fsp3) is 0.385. The molecule has 0 unspecified atom stereocenters. The highest BCUT2D eigenvalue weighted by atomic mass is 32.1. The number of thiophene rings is 1. The van der Waals surface area contributed by atoms with Crippen LogP contribution in [0.4, 0.5) is 11.6 Å². The summed E-state index contributed by atoms with van der Waals surface area (Å²) < 4.78 is 0. The van der Waals surface area contributed by atoms with E-state index in [1.54, 1.807) is 0 Å². The molecule has 0 aliphatic rings. The van der Waals surface area contributed by atoms with Gasteiger partial charge in [-0.15, -0.1) is 11.3 Å². The molecule has 2 heterocycles. The maximum atomic E-state index is 5.45. The van der Waals surface area contributed by atoms with Crippen molar-refractivity contribution in [3.8, 4) is 0 Å².